The molecule has 162 valence electrons. The lowest BCUT2D eigenvalue weighted by Crippen LogP contribution is -2.48. The first-order valence-electron chi connectivity index (χ1n) is 9.06. The summed E-state index contributed by atoms with van der Waals surface area (Å²) in [6, 6.07) is 6.36. The quantitative estimate of drug-likeness (QED) is 0.618. The van der Waals surface area contributed by atoms with E-state index in [4.69, 9.17) is 11.6 Å². The molecule has 8 nitrogen and oxygen atoms in total. The van der Waals surface area contributed by atoms with Crippen LogP contribution in [0.3, 0.4) is 0 Å². The highest BCUT2D eigenvalue weighted by molar-refractivity contribution is 7.88. The van der Waals surface area contributed by atoms with Crippen LogP contribution in [0.25, 0.3) is 10.4 Å². The Morgan fingerprint density at radius 3 is 2.68 bits per heavy atom. The zero-order valence-electron chi connectivity index (χ0n) is 16.4. The average molecular weight is 482 g/mol. The van der Waals surface area contributed by atoms with Crippen LogP contribution in [0.15, 0.2) is 47.1 Å². The summed E-state index contributed by atoms with van der Waals surface area (Å²) in [6.07, 6.45) is 3.66. The van der Waals surface area contributed by atoms with Gasteiger partial charge < -0.3 is 5.32 Å². The summed E-state index contributed by atoms with van der Waals surface area (Å²) in [5.74, 6) is -1.18. The SMILES string of the molecule is CN1C(C(=O)Nc2ccc(F)c(Cl)c2)CC(c2ccc(-c3cnn(C)c3)s2)=NS1(=O)=O. The van der Waals surface area contributed by atoms with E-state index < -0.39 is 28.0 Å². The van der Waals surface area contributed by atoms with Crippen molar-refractivity contribution in [2.24, 2.45) is 11.4 Å². The van der Waals surface area contributed by atoms with Crippen LogP contribution in [0.2, 0.25) is 5.02 Å². The molecule has 3 heterocycles. The molecule has 2 aromatic heterocycles. The van der Waals surface area contributed by atoms with Gasteiger partial charge in [-0.2, -0.15) is 22.2 Å². The minimum absolute atomic E-state index is 0.0868. The van der Waals surface area contributed by atoms with Crippen molar-refractivity contribution in [3.05, 3.63) is 58.4 Å². The monoisotopic (exact) mass is 481 g/mol. The van der Waals surface area contributed by atoms with Crippen LogP contribution in [-0.2, 0) is 22.1 Å². The number of carbonyl (C=O) groups excluding carboxylic acids is 1. The molecule has 1 atom stereocenters. The number of halogens is 2. The van der Waals surface area contributed by atoms with Gasteiger partial charge >= 0.3 is 10.2 Å². The molecule has 0 fully saturated rings. The molecule has 31 heavy (non-hydrogen) atoms. The van der Waals surface area contributed by atoms with Crippen LogP contribution in [0.5, 0.6) is 0 Å². The third-order valence-electron chi connectivity index (χ3n) is 4.78. The highest BCUT2D eigenvalue weighted by Gasteiger charge is 2.38. The van der Waals surface area contributed by atoms with Crippen molar-refractivity contribution in [1.29, 1.82) is 0 Å². The van der Waals surface area contributed by atoms with Crippen molar-refractivity contribution >= 4 is 50.5 Å². The molecule has 0 bridgehead atoms. The van der Waals surface area contributed by atoms with E-state index >= 15 is 0 Å². The highest BCUT2D eigenvalue weighted by atomic mass is 35.5. The molecule has 4 rings (SSSR count). The van der Waals surface area contributed by atoms with Crippen molar-refractivity contribution in [2.45, 2.75) is 12.5 Å². The van der Waals surface area contributed by atoms with Crippen LogP contribution in [0, 0.1) is 5.82 Å². The minimum Gasteiger partial charge on any atom is -0.325 e. The Hall–Kier alpha value is -2.60. The number of anilines is 1. The second-order valence-electron chi connectivity index (χ2n) is 6.94. The van der Waals surface area contributed by atoms with Crippen molar-refractivity contribution in [1.82, 2.24) is 14.1 Å². The first kappa shape index (κ1) is 21.6. The molecule has 1 aromatic carbocycles. The van der Waals surface area contributed by atoms with Crippen LogP contribution in [0.4, 0.5) is 10.1 Å². The average Bonchev–Trinajstić information content (AvgIpc) is 3.35. The lowest BCUT2D eigenvalue weighted by atomic mass is 10.1. The Balaban J connectivity index is 1.60. The number of amides is 1. The zero-order chi connectivity index (χ0) is 22.3. The van der Waals surface area contributed by atoms with Crippen LogP contribution in [-0.4, -0.2) is 47.2 Å². The Bertz CT molecular complexity index is 1300. The van der Waals surface area contributed by atoms with E-state index in [2.05, 4.69) is 14.8 Å². The first-order valence-corrected chi connectivity index (χ1v) is 11.6. The number of aryl methyl sites for hydroxylation is 1. The van der Waals surface area contributed by atoms with E-state index in [0.717, 1.165) is 20.8 Å². The van der Waals surface area contributed by atoms with Gasteiger partial charge in [-0.3, -0.25) is 9.48 Å². The summed E-state index contributed by atoms with van der Waals surface area (Å²) >= 11 is 7.13. The van der Waals surface area contributed by atoms with Crippen molar-refractivity contribution in [3.8, 4) is 10.4 Å². The lowest BCUT2D eigenvalue weighted by Gasteiger charge is -2.29. The third kappa shape index (κ3) is 4.40. The van der Waals surface area contributed by atoms with Crippen LogP contribution >= 0.6 is 22.9 Å². The molecule has 1 N–H and O–H groups in total. The number of likely N-dealkylation sites (N-methyl/N-ethyl adjacent to an activating group) is 1. The second kappa shape index (κ2) is 8.15. The van der Waals surface area contributed by atoms with Crippen molar-refractivity contribution in [2.75, 3.05) is 12.4 Å². The van der Waals surface area contributed by atoms with E-state index in [1.54, 1.807) is 16.9 Å². The third-order valence-corrected chi connectivity index (χ3v) is 7.69. The lowest BCUT2D eigenvalue weighted by molar-refractivity contribution is -0.119. The summed E-state index contributed by atoms with van der Waals surface area (Å²) in [5, 5.41) is 6.59. The molecule has 0 saturated carbocycles. The number of hydrogen-bond donors (Lipinski definition) is 1. The topological polar surface area (TPSA) is 96.7 Å². The fraction of sp³-hybridized carbons (Fsp3) is 0.211. The fourth-order valence-corrected chi connectivity index (χ4v) is 5.40. The molecule has 1 aliphatic heterocycles. The number of benzene rings is 1. The van der Waals surface area contributed by atoms with Gasteiger partial charge in [0.05, 0.1) is 21.8 Å². The first-order chi connectivity index (χ1) is 14.6. The van der Waals surface area contributed by atoms with Gasteiger partial charge in [-0.1, -0.05) is 11.6 Å². The predicted molar refractivity (Wildman–Crippen MR) is 118 cm³/mol. The van der Waals surface area contributed by atoms with Gasteiger partial charge in [0.2, 0.25) is 5.91 Å². The summed E-state index contributed by atoms with van der Waals surface area (Å²) in [4.78, 5) is 14.4. The van der Waals surface area contributed by atoms with E-state index in [-0.39, 0.29) is 17.1 Å². The number of aromatic nitrogens is 2. The summed E-state index contributed by atoms with van der Waals surface area (Å²) in [7, 11) is -0.939. The van der Waals surface area contributed by atoms with E-state index in [9.17, 15) is 17.6 Å². The summed E-state index contributed by atoms with van der Waals surface area (Å²) in [5.41, 5.74) is 1.47. The molecule has 1 aliphatic rings. The van der Waals surface area contributed by atoms with Crippen LogP contribution in [0.1, 0.15) is 11.3 Å². The van der Waals surface area contributed by atoms with Gasteiger partial charge in [-0.15, -0.1) is 11.3 Å². The number of rotatable bonds is 4. The molecule has 0 spiro atoms. The maximum atomic E-state index is 13.4. The summed E-state index contributed by atoms with van der Waals surface area (Å²) < 4.78 is 45.0. The predicted octanol–water partition coefficient (Wildman–Crippen LogP) is 3.32. The normalized spacial score (nSPS) is 18.6. The number of carbonyl (C=O) groups is 1. The Labute approximate surface area is 187 Å². The maximum absolute atomic E-state index is 13.4. The zero-order valence-corrected chi connectivity index (χ0v) is 18.8. The number of hydrogen-bond acceptors (Lipinski definition) is 5. The smallest absolute Gasteiger partial charge is 0.323 e. The molecule has 0 radical (unpaired) electrons. The van der Waals surface area contributed by atoms with Gasteiger partial charge in [-0.25, -0.2) is 4.39 Å². The Morgan fingerprint density at radius 1 is 1.26 bits per heavy atom. The number of nitrogens with one attached hydrogen (secondary N) is 1. The van der Waals surface area contributed by atoms with Gasteiger partial charge in [0.25, 0.3) is 0 Å². The largest absolute Gasteiger partial charge is 0.325 e. The molecule has 1 unspecified atom stereocenters. The number of nitrogens with zero attached hydrogens (tertiary/aromatic N) is 4. The second-order valence-corrected chi connectivity index (χ2v) is 10.1. The Morgan fingerprint density at radius 2 is 2.00 bits per heavy atom. The van der Waals surface area contributed by atoms with Gasteiger partial charge in [0.1, 0.15) is 11.9 Å². The van der Waals surface area contributed by atoms with Gasteiger partial charge in [0, 0.05) is 42.8 Å². The minimum atomic E-state index is -4.05. The molecule has 3 aromatic rings. The highest BCUT2D eigenvalue weighted by Crippen LogP contribution is 2.31. The van der Waals surface area contributed by atoms with Crippen LogP contribution < -0.4 is 5.32 Å². The number of thiophene rings is 1. The van der Waals surface area contributed by atoms with E-state index in [1.807, 2.05) is 19.3 Å². The molecular weight excluding hydrogens is 465 g/mol. The van der Waals surface area contributed by atoms with Crippen molar-refractivity contribution in [3.63, 3.8) is 0 Å². The maximum Gasteiger partial charge on any atom is 0.323 e. The van der Waals surface area contributed by atoms with Crippen molar-refractivity contribution < 1.29 is 17.6 Å². The standard InChI is InChI=1S/C19H17ClFN5O3S2/c1-25-10-11(9-22-25)17-5-6-18(30-17)15-8-16(26(2)31(28,29)24-15)19(27)23-12-3-4-14(21)13(20)7-12/h3-7,9-10,16H,8H2,1-2H3,(H,23,27). The molecule has 0 saturated heterocycles. The molecular formula is C19H17ClFN5O3S2. The molecule has 1 amide bonds. The molecule has 0 aliphatic carbocycles. The Kier molecular flexibility index (Phi) is 5.69. The summed E-state index contributed by atoms with van der Waals surface area (Å²) in [6.45, 7) is 0. The van der Waals surface area contributed by atoms with E-state index in [1.165, 1.54) is 30.5 Å². The van der Waals surface area contributed by atoms with E-state index in [0.29, 0.717) is 10.6 Å². The fourth-order valence-electron chi connectivity index (χ4n) is 3.11. The molecule has 12 heteroatoms. The van der Waals surface area contributed by atoms with Gasteiger partial charge in [-0.05, 0) is 30.3 Å². The van der Waals surface area contributed by atoms with Gasteiger partial charge in [0.15, 0.2) is 0 Å².